The molecule has 0 heterocycles. The van der Waals surface area contributed by atoms with Crippen LogP contribution in [-0.4, -0.2) is 18.2 Å². The van der Waals surface area contributed by atoms with Gasteiger partial charge in [0.25, 0.3) is 0 Å². The van der Waals surface area contributed by atoms with Gasteiger partial charge in [-0.15, -0.1) is 0 Å². The molecule has 1 amide bonds. The molecule has 1 fully saturated rings. The van der Waals surface area contributed by atoms with Crippen molar-refractivity contribution < 1.29 is 9.59 Å². The third-order valence-electron chi connectivity index (χ3n) is 2.25. The standard InChI is InChI=1S/C9H15NO2/c1-7(11)5-6-10-9(12)8-3-2-4-8/h8H,2-6H2,1H3,(H,10,12). The van der Waals surface area contributed by atoms with Crippen molar-refractivity contribution in [2.75, 3.05) is 6.54 Å². The largest absolute Gasteiger partial charge is 0.355 e. The van der Waals surface area contributed by atoms with Crippen LogP contribution in [0.3, 0.4) is 0 Å². The second kappa shape index (κ2) is 4.24. The molecule has 0 aliphatic heterocycles. The monoisotopic (exact) mass is 169 g/mol. The molecule has 1 saturated carbocycles. The molecule has 0 aromatic rings. The molecule has 12 heavy (non-hydrogen) atoms. The van der Waals surface area contributed by atoms with Gasteiger partial charge in [-0.25, -0.2) is 0 Å². The lowest BCUT2D eigenvalue weighted by atomic mass is 9.85. The zero-order valence-corrected chi connectivity index (χ0v) is 7.43. The Labute approximate surface area is 72.5 Å². The van der Waals surface area contributed by atoms with Crippen LogP contribution in [0.2, 0.25) is 0 Å². The first-order chi connectivity index (χ1) is 5.70. The average molecular weight is 169 g/mol. The molecule has 0 unspecified atom stereocenters. The SMILES string of the molecule is CC(=O)CCNC(=O)C1CCC1. The third kappa shape index (κ3) is 2.64. The van der Waals surface area contributed by atoms with Gasteiger partial charge in [0.2, 0.25) is 5.91 Å². The Morgan fingerprint density at radius 3 is 2.50 bits per heavy atom. The molecule has 1 aliphatic rings. The summed E-state index contributed by atoms with van der Waals surface area (Å²) in [6, 6.07) is 0. The predicted octanol–water partition coefficient (Wildman–Crippen LogP) is 0.882. The molecule has 1 aliphatic carbocycles. The molecule has 0 bridgehead atoms. The van der Waals surface area contributed by atoms with Crippen LogP contribution in [0, 0.1) is 5.92 Å². The fourth-order valence-corrected chi connectivity index (χ4v) is 1.18. The molecule has 0 saturated heterocycles. The molecule has 3 nitrogen and oxygen atoms in total. The van der Waals surface area contributed by atoms with E-state index in [1.54, 1.807) is 0 Å². The van der Waals surface area contributed by atoms with Crippen LogP contribution >= 0.6 is 0 Å². The Balaban J connectivity index is 2.05. The van der Waals surface area contributed by atoms with Gasteiger partial charge in [0.15, 0.2) is 0 Å². The summed E-state index contributed by atoms with van der Waals surface area (Å²) in [7, 11) is 0. The lowest BCUT2D eigenvalue weighted by Gasteiger charge is -2.23. The van der Waals surface area contributed by atoms with Crippen molar-refractivity contribution in [2.45, 2.75) is 32.6 Å². The summed E-state index contributed by atoms with van der Waals surface area (Å²) >= 11 is 0. The zero-order valence-electron chi connectivity index (χ0n) is 7.43. The van der Waals surface area contributed by atoms with E-state index in [1.807, 2.05) is 0 Å². The molecule has 0 spiro atoms. The van der Waals surface area contributed by atoms with E-state index in [0.717, 1.165) is 12.8 Å². The highest BCUT2D eigenvalue weighted by Gasteiger charge is 2.24. The van der Waals surface area contributed by atoms with Gasteiger partial charge in [-0.3, -0.25) is 9.59 Å². The van der Waals surface area contributed by atoms with E-state index in [1.165, 1.54) is 13.3 Å². The molecule has 1 rings (SSSR count). The molecular formula is C9H15NO2. The highest BCUT2D eigenvalue weighted by molar-refractivity contribution is 5.80. The molecule has 0 aromatic carbocycles. The summed E-state index contributed by atoms with van der Waals surface area (Å²) in [5.74, 6) is 0.489. The van der Waals surface area contributed by atoms with Gasteiger partial charge < -0.3 is 5.32 Å². The quantitative estimate of drug-likeness (QED) is 0.679. The maximum Gasteiger partial charge on any atom is 0.223 e. The third-order valence-corrected chi connectivity index (χ3v) is 2.25. The average Bonchev–Trinajstić information content (AvgIpc) is 1.81. The summed E-state index contributed by atoms with van der Waals surface area (Å²) in [5.41, 5.74) is 0. The molecule has 1 N–H and O–H groups in total. The number of ketones is 1. The van der Waals surface area contributed by atoms with E-state index in [4.69, 9.17) is 0 Å². The highest BCUT2D eigenvalue weighted by atomic mass is 16.2. The molecule has 0 radical (unpaired) electrons. The maximum atomic E-state index is 11.2. The van der Waals surface area contributed by atoms with Crippen LogP contribution in [0.15, 0.2) is 0 Å². The van der Waals surface area contributed by atoms with E-state index in [9.17, 15) is 9.59 Å². The van der Waals surface area contributed by atoms with Gasteiger partial charge in [0.05, 0.1) is 0 Å². The summed E-state index contributed by atoms with van der Waals surface area (Å²) in [5, 5.41) is 2.76. The lowest BCUT2D eigenvalue weighted by molar-refractivity contribution is -0.127. The zero-order chi connectivity index (χ0) is 8.97. The van der Waals surface area contributed by atoms with Crippen LogP contribution in [0.25, 0.3) is 0 Å². The molecule has 3 heteroatoms. The van der Waals surface area contributed by atoms with Crippen molar-refractivity contribution in [3.8, 4) is 0 Å². The van der Waals surface area contributed by atoms with Gasteiger partial charge in [-0.05, 0) is 19.8 Å². The summed E-state index contributed by atoms with van der Waals surface area (Å²) in [4.78, 5) is 21.7. The van der Waals surface area contributed by atoms with Gasteiger partial charge in [-0.2, -0.15) is 0 Å². The summed E-state index contributed by atoms with van der Waals surface area (Å²) in [6.45, 7) is 2.04. The molecule has 68 valence electrons. The van der Waals surface area contributed by atoms with Gasteiger partial charge in [0.1, 0.15) is 5.78 Å². The van der Waals surface area contributed by atoms with E-state index in [-0.39, 0.29) is 17.6 Å². The summed E-state index contributed by atoms with van der Waals surface area (Å²) < 4.78 is 0. The number of carbonyl (C=O) groups excluding carboxylic acids is 2. The molecule has 0 atom stereocenters. The van der Waals surface area contributed by atoms with Crippen molar-refractivity contribution in [3.63, 3.8) is 0 Å². The van der Waals surface area contributed by atoms with Crippen molar-refractivity contribution in [1.82, 2.24) is 5.32 Å². The molecule has 0 aromatic heterocycles. The fraction of sp³-hybridized carbons (Fsp3) is 0.778. The minimum Gasteiger partial charge on any atom is -0.355 e. The van der Waals surface area contributed by atoms with Crippen molar-refractivity contribution in [3.05, 3.63) is 0 Å². The Hall–Kier alpha value is -0.860. The number of rotatable bonds is 4. The van der Waals surface area contributed by atoms with Crippen LogP contribution < -0.4 is 5.32 Å². The Morgan fingerprint density at radius 2 is 2.08 bits per heavy atom. The van der Waals surface area contributed by atoms with Gasteiger partial charge in [0, 0.05) is 18.9 Å². The number of hydrogen-bond acceptors (Lipinski definition) is 2. The second-order valence-corrected chi connectivity index (χ2v) is 3.37. The number of Topliss-reactive ketones (excluding diaryl/α,β-unsaturated/α-hetero) is 1. The number of nitrogens with one attached hydrogen (secondary N) is 1. The van der Waals surface area contributed by atoms with E-state index in [2.05, 4.69) is 5.32 Å². The van der Waals surface area contributed by atoms with Gasteiger partial charge >= 0.3 is 0 Å². The first-order valence-corrected chi connectivity index (χ1v) is 4.47. The maximum absolute atomic E-state index is 11.2. The first kappa shape index (κ1) is 9.23. The smallest absolute Gasteiger partial charge is 0.223 e. The summed E-state index contributed by atoms with van der Waals surface area (Å²) in [6.07, 6.45) is 3.67. The van der Waals surface area contributed by atoms with Crippen molar-refractivity contribution >= 4 is 11.7 Å². The van der Waals surface area contributed by atoms with Crippen LogP contribution in [0.4, 0.5) is 0 Å². The first-order valence-electron chi connectivity index (χ1n) is 4.47. The second-order valence-electron chi connectivity index (χ2n) is 3.37. The van der Waals surface area contributed by atoms with Crippen LogP contribution in [0.1, 0.15) is 32.6 Å². The fourth-order valence-electron chi connectivity index (χ4n) is 1.18. The lowest BCUT2D eigenvalue weighted by Crippen LogP contribution is -2.35. The molecular weight excluding hydrogens is 154 g/mol. The topological polar surface area (TPSA) is 46.2 Å². The predicted molar refractivity (Wildman–Crippen MR) is 45.6 cm³/mol. The minimum absolute atomic E-state index is 0.127. The number of carbonyl (C=O) groups is 2. The minimum atomic E-state index is 0.127. The normalized spacial score (nSPS) is 16.8. The Morgan fingerprint density at radius 1 is 1.42 bits per heavy atom. The number of hydrogen-bond donors (Lipinski definition) is 1. The van der Waals surface area contributed by atoms with Crippen molar-refractivity contribution in [2.24, 2.45) is 5.92 Å². The number of amides is 1. The van der Waals surface area contributed by atoms with E-state index in [0.29, 0.717) is 13.0 Å². The Kier molecular flexibility index (Phi) is 3.26. The van der Waals surface area contributed by atoms with E-state index < -0.39 is 0 Å². The van der Waals surface area contributed by atoms with Gasteiger partial charge in [-0.1, -0.05) is 6.42 Å². The Bertz CT molecular complexity index is 185. The van der Waals surface area contributed by atoms with E-state index >= 15 is 0 Å². The van der Waals surface area contributed by atoms with Crippen LogP contribution in [-0.2, 0) is 9.59 Å². The highest BCUT2D eigenvalue weighted by Crippen LogP contribution is 2.25. The van der Waals surface area contributed by atoms with Crippen LogP contribution in [0.5, 0.6) is 0 Å². The van der Waals surface area contributed by atoms with Crippen molar-refractivity contribution in [1.29, 1.82) is 0 Å².